The van der Waals surface area contributed by atoms with Crippen molar-refractivity contribution in [3.63, 3.8) is 0 Å². The Morgan fingerprint density at radius 1 is 1.08 bits per heavy atom. The van der Waals surface area contributed by atoms with E-state index in [-0.39, 0.29) is 5.41 Å². The smallest absolute Gasteiger partial charge is 0.0686 e. The van der Waals surface area contributed by atoms with Crippen molar-refractivity contribution in [1.82, 2.24) is 0 Å². The second-order valence-corrected chi connectivity index (χ2v) is 2.88. The van der Waals surface area contributed by atoms with E-state index in [1.807, 2.05) is 34.6 Å². The highest BCUT2D eigenvalue weighted by molar-refractivity contribution is 5.06. The minimum atomic E-state index is 0.0972. The fourth-order valence-corrected chi connectivity index (χ4v) is 0.299. The molecule has 0 spiro atoms. The summed E-state index contributed by atoms with van der Waals surface area (Å²) in [6.45, 7) is 14.2. The van der Waals surface area contributed by atoms with Gasteiger partial charge in [0.05, 0.1) is 11.5 Å². The fraction of sp³-hybridized carbons (Fsp3) is 0.917. The first-order chi connectivity index (χ1) is 6.18. The van der Waals surface area contributed by atoms with Crippen LogP contribution in [0.4, 0.5) is 0 Å². The molecule has 80 valence electrons. The largest absolute Gasteiger partial charge is 0.198 e. The van der Waals surface area contributed by atoms with Gasteiger partial charge in [-0.25, -0.2) is 0 Å². The van der Waals surface area contributed by atoms with E-state index in [1.165, 1.54) is 6.42 Å². The molecule has 0 aromatic rings. The van der Waals surface area contributed by atoms with E-state index < -0.39 is 0 Å². The second kappa shape index (κ2) is 14.0. The Morgan fingerprint density at radius 3 is 1.31 bits per heavy atom. The maximum Gasteiger partial charge on any atom is 0.0686 e. The number of rotatable bonds is 0. The van der Waals surface area contributed by atoms with Crippen molar-refractivity contribution in [1.29, 1.82) is 5.26 Å². The molecule has 0 atom stereocenters. The van der Waals surface area contributed by atoms with Crippen molar-refractivity contribution in [3.05, 3.63) is 0 Å². The molecule has 0 N–H and O–H groups in total. The van der Waals surface area contributed by atoms with Crippen molar-refractivity contribution in [2.24, 2.45) is 5.41 Å². The summed E-state index contributed by atoms with van der Waals surface area (Å²) in [5.41, 5.74) is 0.0972. The third-order valence-corrected chi connectivity index (χ3v) is 1.27. The van der Waals surface area contributed by atoms with E-state index in [0.717, 1.165) is 12.8 Å². The Bertz CT molecular complexity index is 107. The van der Waals surface area contributed by atoms with Gasteiger partial charge in [-0.15, -0.1) is 0 Å². The van der Waals surface area contributed by atoms with Gasteiger partial charge in [0.15, 0.2) is 0 Å². The molecule has 1 heteroatoms. The van der Waals surface area contributed by atoms with Crippen LogP contribution in [0.5, 0.6) is 0 Å². The van der Waals surface area contributed by atoms with E-state index in [1.54, 1.807) is 0 Å². The van der Waals surface area contributed by atoms with Crippen LogP contribution in [-0.2, 0) is 0 Å². The third kappa shape index (κ3) is 18.4. The lowest BCUT2D eigenvalue weighted by atomic mass is 10.2. The number of hydrogen-bond acceptors (Lipinski definition) is 1. The quantitative estimate of drug-likeness (QED) is 0.533. The van der Waals surface area contributed by atoms with Crippen molar-refractivity contribution in [2.45, 2.75) is 67.7 Å². The summed E-state index contributed by atoms with van der Waals surface area (Å²) in [6, 6.07) is 2.22. The van der Waals surface area contributed by atoms with Crippen molar-refractivity contribution in [2.75, 3.05) is 0 Å². The van der Waals surface area contributed by atoms with E-state index >= 15 is 0 Å². The summed E-state index contributed by atoms with van der Waals surface area (Å²) in [6.07, 6.45) is 3.48. The Morgan fingerprint density at radius 2 is 1.31 bits per heavy atom. The van der Waals surface area contributed by atoms with Crippen LogP contribution < -0.4 is 0 Å². The van der Waals surface area contributed by atoms with E-state index in [9.17, 15) is 0 Å². The monoisotopic (exact) mass is 185 g/mol. The minimum Gasteiger partial charge on any atom is -0.198 e. The van der Waals surface area contributed by atoms with Gasteiger partial charge in [-0.05, 0) is 19.8 Å². The molecule has 0 aliphatic heterocycles. The predicted octanol–water partition coefficient (Wildman–Crippen LogP) is 4.78. The number of nitrogens with zero attached hydrogens (tertiary/aromatic N) is 1. The zero-order valence-corrected chi connectivity index (χ0v) is 10.6. The van der Waals surface area contributed by atoms with Gasteiger partial charge in [0, 0.05) is 0 Å². The molecule has 0 radical (unpaired) electrons. The van der Waals surface area contributed by atoms with Crippen LogP contribution in [0.3, 0.4) is 0 Å². The average molecular weight is 185 g/mol. The molecule has 1 aliphatic rings. The highest BCUT2D eigenvalue weighted by atomic mass is 14.4. The van der Waals surface area contributed by atoms with Crippen LogP contribution in [0.2, 0.25) is 0 Å². The maximum absolute atomic E-state index is 8.22. The molecule has 0 heterocycles. The zero-order chi connectivity index (χ0) is 11.3. The van der Waals surface area contributed by atoms with Gasteiger partial charge in [0.1, 0.15) is 0 Å². The Labute approximate surface area is 85.2 Å². The van der Waals surface area contributed by atoms with E-state index in [4.69, 9.17) is 5.26 Å². The minimum absolute atomic E-state index is 0.0972. The summed E-state index contributed by atoms with van der Waals surface area (Å²) in [5, 5.41) is 8.22. The first-order valence-corrected chi connectivity index (χ1v) is 5.59. The molecule has 1 fully saturated rings. The lowest BCUT2D eigenvalue weighted by molar-refractivity contribution is 0.767. The van der Waals surface area contributed by atoms with Gasteiger partial charge < -0.3 is 0 Å². The summed E-state index contributed by atoms with van der Waals surface area (Å²) >= 11 is 0. The van der Waals surface area contributed by atoms with Crippen molar-refractivity contribution >= 4 is 0 Å². The predicted molar refractivity (Wildman–Crippen MR) is 61.6 cm³/mol. The molecule has 1 nitrogen and oxygen atoms in total. The molecule has 0 aromatic heterocycles. The van der Waals surface area contributed by atoms with Crippen molar-refractivity contribution < 1.29 is 0 Å². The molecule has 0 amide bonds. The first-order valence-electron chi connectivity index (χ1n) is 5.59. The lowest BCUT2D eigenvalue weighted by Crippen LogP contribution is -1.81. The molecule has 13 heavy (non-hydrogen) atoms. The highest BCUT2D eigenvalue weighted by Crippen LogP contribution is 2.43. The summed E-state index contributed by atoms with van der Waals surface area (Å²) in [7, 11) is 0. The molecular weight excluding hydrogens is 158 g/mol. The van der Waals surface area contributed by atoms with Crippen LogP contribution in [0.15, 0.2) is 0 Å². The standard InChI is InChI=1S/C5H7N.C3H8.2C2H6/c1-5(4-6)2-3-5;1-3-2;2*1-2/h2-3H2,1H3;3H2,1-2H3;2*1-2H3. The topological polar surface area (TPSA) is 23.8 Å². The molecule has 0 aromatic carbocycles. The maximum atomic E-state index is 8.22. The molecule has 1 rings (SSSR count). The van der Waals surface area contributed by atoms with Crippen LogP contribution in [0.25, 0.3) is 0 Å². The normalized spacial score (nSPS) is 14.0. The first kappa shape index (κ1) is 18.3. The van der Waals surface area contributed by atoms with Crippen LogP contribution in [0.1, 0.15) is 67.7 Å². The van der Waals surface area contributed by atoms with Gasteiger partial charge >= 0.3 is 0 Å². The summed E-state index contributed by atoms with van der Waals surface area (Å²) in [5.74, 6) is 0. The third-order valence-electron chi connectivity index (χ3n) is 1.27. The molecule has 0 unspecified atom stereocenters. The molecule has 1 saturated carbocycles. The van der Waals surface area contributed by atoms with E-state index in [0.29, 0.717) is 0 Å². The fourth-order valence-electron chi connectivity index (χ4n) is 0.299. The van der Waals surface area contributed by atoms with Crippen LogP contribution >= 0.6 is 0 Å². The number of hydrogen-bond donors (Lipinski definition) is 0. The van der Waals surface area contributed by atoms with Gasteiger partial charge in [0.25, 0.3) is 0 Å². The second-order valence-electron chi connectivity index (χ2n) is 2.88. The molecule has 0 saturated heterocycles. The van der Waals surface area contributed by atoms with Gasteiger partial charge in [0.2, 0.25) is 0 Å². The number of nitriles is 1. The lowest BCUT2D eigenvalue weighted by Gasteiger charge is -1.82. The zero-order valence-electron chi connectivity index (χ0n) is 10.6. The average Bonchev–Trinajstić information content (AvgIpc) is 2.93. The Balaban J connectivity index is -0.000000124. The van der Waals surface area contributed by atoms with Crippen LogP contribution in [0, 0.1) is 16.7 Å². The molecular formula is C12H27N. The summed E-state index contributed by atoms with van der Waals surface area (Å²) in [4.78, 5) is 0. The van der Waals surface area contributed by atoms with Crippen LogP contribution in [-0.4, -0.2) is 0 Å². The van der Waals surface area contributed by atoms with Gasteiger partial charge in [-0.2, -0.15) is 5.26 Å². The van der Waals surface area contributed by atoms with Gasteiger partial charge in [-0.1, -0.05) is 48.0 Å². The molecule has 1 aliphatic carbocycles. The van der Waals surface area contributed by atoms with Gasteiger partial charge in [-0.3, -0.25) is 0 Å². The van der Waals surface area contributed by atoms with E-state index in [2.05, 4.69) is 19.9 Å². The molecule has 0 bridgehead atoms. The SMILES string of the molecule is CC.CC.CC1(C#N)CC1.CCC. The highest BCUT2D eigenvalue weighted by Gasteiger charge is 2.36. The van der Waals surface area contributed by atoms with Crippen molar-refractivity contribution in [3.8, 4) is 6.07 Å². The summed E-state index contributed by atoms with van der Waals surface area (Å²) < 4.78 is 0. The Hall–Kier alpha value is -0.510. The Kier molecular flexibility index (Phi) is 19.8.